The summed E-state index contributed by atoms with van der Waals surface area (Å²) in [5.74, 6) is 0. The largest absolute Gasteiger partial charge is 1.00 e. The summed E-state index contributed by atoms with van der Waals surface area (Å²) in [5, 5.41) is 3.57. The number of hydrogen-bond donors (Lipinski definition) is 1. The molecule has 1 N–H and O–H groups in total. The summed E-state index contributed by atoms with van der Waals surface area (Å²) in [6, 6.07) is 0. The third-order valence-electron chi connectivity index (χ3n) is 7.65. The van der Waals surface area contributed by atoms with Crippen molar-refractivity contribution in [3.63, 3.8) is 0 Å². The van der Waals surface area contributed by atoms with Crippen LogP contribution in [-0.4, -0.2) is 44.8 Å². The van der Waals surface area contributed by atoms with Gasteiger partial charge < -0.3 is 26.8 Å². The van der Waals surface area contributed by atoms with Crippen LogP contribution in [0.15, 0.2) is 0 Å². The topological polar surface area (TPSA) is 12.0 Å². The summed E-state index contributed by atoms with van der Waals surface area (Å²) in [7, 11) is 4.83. The maximum absolute atomic E-state index is 3.57. The lowest BCUT2D eigenvalue weighted by Gasteiger charge is -2.30. The molecule has 0 atom stereocenters. The van der Waals surface area contributed by atoms with Gasteiger partial charge in [-0.2, -0.15) is 0 Å². The van der Waals surface area contributed by atoms with E-state index >= 15 is 0 Å². The van der Waals surface area contributed by atoms with Crippen LogP contribution in [0.2, 0.25) is 0 Å². The van der Waals surface area contributed by atoms with Crippen molar-refractivity contribution >= 4 is 17.0 Å². The molecule has 0 aliphatic carbocycles. The molecule has 0 saturated carbocycles. The Balaban J connectivity index is -0.000000291. The number of unbranched alkanes of at least 4 members (excludes halogenated alkanes) is 20. The molecule has 236 valence electrons. The molecule has 0 aliphatic rings. The predicted octanol–water partition coefficient (Wildman–Crippen LogP) is 8.66. The average molecular weight is 673 g/mol. The molecule has 0 spiro atoms. The van der Waals surface area contributed by atoms with Gasteiger partial charge in [0.05, 0.1) is 27.2 Å². The third-order valence-corrected chi connectivity index (χ3v) is 7.65. The first kappa shape index (κ1) is 45.9. The van der Waals surface area contributed by atoms with Crippen molar-refractivity contribution in [1.29, 1.82) is 0 Å². The molecule has 0 unspecified atom stereocenters. The minimum atomic E-state index is 0. The lowest BCUT2D eigenvalue weighted by atomic mass is 10.1. The number of nitrogens with zero attached hydrogens (tertiary/aromatic N) is 1. The fourth-order valence-corrected chi connectivity index (χ4v) is 4.94. The van der Waals surface area contributed by atoms with Crippen molar-refractivity contribution in [2.24, 2.45) is 0 Å². The second kappa shape index (κ2) is 40.0. The molecule has 0 heterocycles. The second-order valence-corrected chi connectivity index (χ2v) is 12.2. The normalized spacial score (nSPS) is 10.9. The van der Waals surface area contributed by atoms with Crippen molar-refractivity contribution in [3.05, 3.63) is 0 Å². The molecular formula is C34H76Br2N2. The monoisotopic (exact) mass is 670 g/mol. The molecule has 38 heavy (non-hydrogen) atoms. The summed E-state index contributed by atoms with van der Waals surface area (Å²) in [5.41, 5.74) is 0. The number of rotatable bonds is 28. The summed E-state index contributed by atoms with van der Waals surface area (Å²) < 4.78 is 1.24. The molecule has 0 saturated heterocycles. The standard InChI is InChI=1S/C18H40N.C16H35N.2BrH/c1-5-7-9-11-13-15-17-19(3,4)18-16-14-12-10-8-6-2;1-3-5-7-9-11-13-15-17-16-14-12-10-8-6-4-2;;/h5-18H2,1-4H3;17H,3-16H2,1-2H3;2*1H/q+1;;;/p-1. The molecule has 0 fully saturated rings. The van der Waals surface area contributed by atoms with E-state index in [2.05, 4.69) is 47.1 Å². The average Bonchev–Trinajstić information content (AvgIpc) is 2.87. The van der Waals surface area contributed by atoms with Crippen molar-refractivity contribution < 1.29 is 21.5 Å². The first-order valence-electron chi connectivity index (χ1n) is 17.1. The molecule has 0 rings (SSSR count). The Hall–Kier alpha value is 0.880. The van der Waals surface area contributed by atoms with Crippen LogP contribution in [0.1, 0.15) is 182 Å². The Morgan fingerprint density at radius 3 is 0.895 bits per heavy atom. The van der Waals surface area contributed by atoms with Gasteiger partial charge in [-0.05, 0) is 51.6 Å². The molecule has 0 aromatic rings. The van der Waals surface area contributed by atoms with Crippen molar-refractivity contribution in [2.45, 2.75) is 182 Å². The van der Waals surface area contributed by atoms with E-state index in [1.165, 1.54) is 185 Å². The van der Waals surface area contributed by atoms with E-state index in [1.807, 2.05) is 0 Å². The molecule has 4 heteroatoms. The van der Waals surface area contributed by atoms with Gasteiger partial charge in [-0.3, -0.25) is 0 Å². The lowest BCUT2D eigenvalue weighted by Crippen LogP contribution is -3.00. The smallest absolute Gasteiger partial charge is 0.0782 e. The highest BCUT2D eigenvalue weighted by atomic mass is 79.9. The number of hydrogen-bond acceptors (Lipinski definition) is 1. The molecule has 0 aromatic heterocycles. The highest BCUT2D eigenvalue weighted by Gasteiger charge is 2.13. The Labute approximate surface area is 264 Å². The fraction of sp³-hybridized carbons (Fsp3) is 1.00. The number of nitrogens with one attached hydrogen (secondary N) is 1. The predicted molar refractivity (Wildman–Crippen MR) is 179 cm³/mol. The maximum atomic E-state index is 3.57. The van der Waals surface area contributed by atoms with Crippen molar-refractivity contribution in [2.75, 3.05) is 40.3 Å². The minimum absolute atomic E-state index is 0. The van der Waals surface area contributed by atoms with E-state index in [-0.39, 0.29) is 34.0 Å². The van der Waals surface area contributed by atoms with E-state index in [1.54, 1.807) is 0 Å². The summed E-state index contributed by atoms with van der Waals surface area (Å²) in [6.07, 6.45) is 34.0. The van der Waals surface area contributed by atoms with Crippen molar-refractivity contribution in [3.8, 4) is 0 Å². The Kier molecular flexibility index (Phi) is 48.3. The zero-order chi connectivity index (χ0) is 27.0. The summed E-state index contributed by atoms with van der Waals surface area (Å²) in [6.45, 7) is 14.4. The fourth-order valence-electron chi connectivity index (χ4n) is 4.94. The molecule has 0 amide bonds. The Bertz CT molecular complexity index is 345. The zero-order valence-electron chi connectivity index (χ0n) is 27.5. The third kappa shape index (κ3) is 43.9. The molecule has 0 radical (unpaired) electrons. The van der Waals surface area contributed by atoms with Gasteiger partial charge in [-0.25, -0.2) is 0 Å². The Morgan fingerprint density at radius 2 is 0.605 bits per heavy atom. The van der Waals surface area contributed by atoms with Crippen LogP contribution in [0.25, 0.3) is 0 Å². The van der Waals surface area contributed by atoms with Gasteiger partial charge in [0.25, 0.3) is 0 Å². The second-order valence-electron chi connectivity index (χ2n) is 12.2. The molecule has 0 aliphatic heterocycles. The van der Waals surface area contributed by atoms with Gasteiger partial charge in [0, 0.05) is 0 Å². The van der Waals surface area contributed by atoms with Gasteiger partial charge >= 0.3 is 0 Å². The zero-order valence-corrected chi connectivity index (χ0v) is 30.8. The minimum Gasteiger partial charge on any atom is -1.00 e. The maximum Gasteiger partial charge on any atom is 0.0782 e. The first-order chi connectivity index (χ1) is 17.5. The van der Waals surface area contributed by atoms with E-state index in [9.17, 15) is 0 Å². The van der Waals surface area contributed by atoms with E-state index < -0.39 is 0 Å². The van der Waals surface area contributed by atoms with E-state index in [0.29, 0.717) is 0 Å². The lowest BCUT2D eigenvalue weighted by molar-refractivity contribution is -0.890. The van der Waals surface area contributed by atoms with Gasteiger partial charge in [0.15, 0.2) is 0 Å². The van der Waals surface area contributed by atoms with Gasteiger partial charge in [0.2, 0.25) is 0 Å². The van der Waals surface area contributed by atoms with E-state index in [0.717, 1.165) is 0 Å². The van der Waals surface area contributed by atoms with Crippen LogP contribution in [-0.2, 0) is 0 Å². The quantitative estimate of drug-likeness (QED) is 0.0648. The van der Waals surface area contributed by atoms with Crippen LogP contribution < -0.4 is 22.3 Å². The SMILES string of the molecule is Br.CCCCCCCCNCCCCCCCC.CCCCCCCC[N+](C)(C)CCCCCCCC.[Br-]. The highest BCUT2D eigenvalue weighted by molar-refractivity contribution is 8.93. The molecule has 0 bridgehead atoms. The Morgan fingerprint density at radius 1 is 0.368 bits per heavy atom. The van der Waals surface area contributed by atoms with Crippen LogP contribution in [0, 0.1) is 0 Å². The van der Waals surface area contributed by atoms with Crippen LogP contribution in [0.4, 0.5) is 0 Å². The van der Waals surface area contributed by atoms with Crippen molar-refractivity contribution in [1.82, 2.24) is 5.32 Å². The van der Waals surface area contributed by atoms with Crippen LogP contribution in [0.3, 0.4) is 0 Å². The summed E-state index contributed by atoms with van der Waals surface area (Å²) in [4.78, 5) is 0. The molecule has 0 aromatic carbocycles. The first-order valence-corrected chi connectivity index (χ1v) is 17.1. The van der Waals surface area contributed by atoms with Crippen LogP contribution >= 0.6 is 17.0 Å². The van der Waals surface area contributed by atoms with E-state index in [4.69, 9.17) is 0 Å². The molecular weight excluding hydrogens is 596 g/mol. The van der Waals surface area contributed by atoms with Gasteiger partial charge in [0.1, 0.15) is 0 Å². The summed E-state index contributed by atoms with van der Waals surface area (Å²) >= 11 is 0. The van der Waals surface area contributed by atoms with Gasteiger partial charge in [-0.1, -0.05) is 143 Å². The van der Waals surface area contributed by atoms with Gasteiger partial charge in [-0.15, -0.1) is 17.0 Å². The van der Waals surface area contributed by atoms with Crippen LogP contribution in [0.5, 0.6) is 0 Å². The number of quaternary nitrogens is 1. The number of halogens is 2. The highest BCUT2D eigenvalue weighted by Crippen LogP contribution is 2.11. The molecule has 2 nitrogen and oxygen atoms in total.